The molecule has 1 saturated heterocycles. The van der Waals surface area contributed by atoms with Crippen LogP contribution in [0.4, 0.5) is 0 Å². The third-order valence-electron chi connectivity index (χ3n) is 4.11. The molecule has 5 nitrogen and oxygen atoms in total. The smallest absolute Gasteiger partial charge is 0.241 e. The number of carbonyl (C=O) groups is 2. The number of nitrogens with zero attached hydrogens (tertiary/aromatic N) is 1. The van der Waals surface area contributed by atoms with Gasteiger partial charge in [0.25, 0.3) is 0 Å². The van der Waals surface area contributed by atoms with Crippen LogP contribution in [0.3, 0.4) is 0 Å². The minimum atomic E-state index is -0.495. The van der Waals surface area contributed by atoms with Gasteiger partial charge in [-0.05, 0) is 51.3 Å². The number of likely N-dealkylation sites (tertiary alicyclic amines) is 1. The van der Waals surface area contributed by atoms with Crippen LogP contribution < -0.4 is 10.6 Å². The molecule has 1 aromatic carbocycles. The minimum absolute atomic E-state index is 0. The maximum absolute atomic E-state index is 12.7. The highest BCUT2D eigenvalue weighted by atomic mass is 35.5. The molecule has 2 amide bonds. The van der Waals surface area contributed by atoms with E-state index in [-0.39, 0.29) is 35.8 Å². The van der Waals surface area contributed by atoms with Crippen LogP contribution in [0.1, 0.15) is 45.2 Å². The molecule has 0 aliphatic carbocycles. The van der Waals surface area contributed by atoms with Crippen molar-refractivity contribution in [1.82, 2.24) is 15.5 Å². The van der Waals surface area contributed by atoms with Crippen molar-refractivity contribution in [2.24, 2.45) is 0 Å². The van der Waals surface area contributed by atoms with Crippen LogP contribution in [0.15, 0.2) is 24.3 Å². The summed E-state index contributed by atoms with van der Waals surface area (Å²) in [6.45, 7) is 6.59. The van der Waals surface area contributed by atoms with Crippen LogP contribution >= 0.6 is 24.0 Å². The molecule has 2 N–H and O–H groups in total. The summed E-state index contributed by atoms with van der Waals surface area (Å²) in [5.41, 5.74) is 0.544. The number of nitrogens with one attached hydrogen (secondary N) is 2. The third-order valence-corrected chi connectivity index (χ3v) is 4.36. The van der Waals surface area contributed by atoms with Crippen molar-refractivity contribution in [3.8, 4) is 0 Å². The molecule has 1 fully saturated rings. The summed E-state index contributed by atoms with van der Waals surface area (Å²) in [7, 11) is 1.62. The highest BCUT2D eigenvalue weighted by Crippen LogP contribution is 2.31. The lowest BCUT2D eigenvalue weighted by atomic mass is 10.0. The van der Waals surface area contributed by atoms with Gasteiger partial charge in [0.05, 0.1) is 6.04 Å². The molecular weight excluding hydrogens is 361 g/mol. The fourth-order valence-electron chi connectivity index (χ4n) is 3.11. The fraction of sp³-hybridized carbons (Fsp3) is 0.556. The molecule has 0 unspecified atom stereocenters. The Hall–Kier alpha value is -1.30. The largest absolute Gasteiger partial charge is 0.358 e. The summed E-state index contributed by atoms with van der Waals surface area (Å²) in [6, 6.07) is 6.44. The molecule has 1 aliphatic heterocycles. The quantitative estimate of drug-likeness (QED) is 0.834. The number of hydrogen-bond acceptors (Lipinski definition) is 3. The van der Waals surface area contributed by atoms with Crippen LogP contribution in [-0.2, 0) is 9.59 Å². The SMILES string of the molecule is CNC(=O)[C@@H](c1ccc(Cl)cc1)N1CCC[C@H]1C(=O)NC(C)(C)C.Cl. The Kier molecular flexibility index (Phi) is 7.72. The van der Waals surface area contributed by atoms with Gasteiger partial charge in [-0.1, -0.05) is 23.7 Å². The lowest BCUT2D eigenvalue weighted by Gasteiger charge is -2.33. The van der Waals surface area contributed by atoms with Gasteiger partial charge in [-0.25, -0.2) is 0 Å². The number of halogens is 2. The Balaban J connectivity index is 0.00000312. The molecule has 7 heteroatoms. The van der Waals surface area contributed by atoms with Crippen molar-refractivity contribution >= 4 is 35.8 Å². The first kappa shape index (κ1) is 21.7. The van der Waals surface area contributed by atoms with E-state index in [1.165, 1.54) is 0 Å². The Morgan fingerprint density at radius 1 is 1.24 bits per heavy atom. The Morgan fingerprint density at radius 3 is 2.36 bits per heavy atom. The van der Waals surface area contributed by atoms with Crippen molar-refractivity contribution in [2.75, 3.05) is 13.6 Å². The first-order valence-electron chi connectivity index (χ1n) is 8.28. The minimum Gasteiger partial charge on any atom is -0.358 e. The van der Waals surface area contributed by atoms with Crippen LogP contribution in [0.5, 0.6) is 0 Å². The van der Waals surface area contributed by atoms with Gasteiger partial charge in [-0.15, -0.1) is 12.4 Å². The summed E-state index contributed by atoms with van der Waals surface area (Å²) < 4.78 is 0. The van der Waals surface area contributed by atoms with Crippen molar-refractivity contribution in [3.63, 3.8) is 0 Å². The summed E-state index contributed by atoms with van der Waals surface area (Å²) >= 11 is 5.96. The molecule has 0 bridgehead atoms. The number of amides is 2. The van der Waals surface area contributed by atoms with Gasteiger partial charge < -0.3 is 10.6 Å². The summed E-state index contributed by atoms with van der Waals surface area (Å²) in [5.74, 6) is -0.143. The predicted molar refractivity (Wildman–Crippen MR) is 103 cm³/mol. The molecule has 1 heterocycles. The summed E-state index contributed by atoms with van der Waals surface area (Å²) in [4.78, 5) is 27.2. The topological polar surface area (TPSA) is 61.4 Å². The second-order valence-electron chi connectivity index (χ2n) is 7.20. The van der Waals surface area contributed by atoms with E-state index in [2.05, 4.69) is 10.6 Å². The molecule has 0 aromatic heterocycles. The van der Waals surface area contributed by atoms with E-state index in [4.69, 9.17) is 11.6 Å². The number of benzene rings is 1. The first-order chi connectivity index (χ1) is 11.2. The molecule has 1 aromatic rings. The van der Waals surface area contributed by atoms with Gasteiger partial charge in [0.15, 0.2) is 0 Å². The molecule has 1 aliphatic rings. The summed E-state index contributed by atoms with van der Waals surface area (Å²) in [6.07, 6.45) is 1.65. The molecule has 140 valence electrons. The Labute approximate surface area is 160 Å². The van der Waals surface area contributed by atoms with E-state index < -0.39 is 6.04 Å². The molecule has 0 radical (unpaired) electrons. The highest BCUT2D eigenvalue weighted by Gasteiger charge is 2.39. The third kappa shape index (κ3) is 5.59. The predicted octanol–water partition coefficient (Wildman–Crippen LogP) is 2.93. The van der Waals surface area contributed by atoms with Crippen LogP contribution in [0.2, 0.25) is 5.02 Å². The van der Waals surface area contributed by atoms with Crippen LogP contribution in [0.25, 0.3) is 0 Å². The van der Waals surface area contributed by atoms with E-state index in [1.807, 2.05) is 37.8 Å². The zero-order chi connectivity index (χ0) is 17.9. The van der Waals surface area contributed by atoms with Crippen molar-refractivity contribution < 1.29 is 9.59 Å². The Bertz CT molecular complexity index is 599. The van der Waals surface area contributed by atoms with E-state index in [0.717, 1.165) is 18.4 Å². The average molecular weight is 388 g/mol. The van der Waals surface area contributed by atoms with Crippen LogP contribution in [-0.4, -0.2) is 41.9 Å². The molecular formula is C18H27Cl2N3O2. The van der Waals surface area contributed by atoms with Gasteiger partial charge >= 0.3 is 0 Å². The van der Waals surface area contributed by atoms with Gasteiger partial charge in [-0.3, -0.25) is 14.5 Å². The van der Waals surface area contributed by atoms with Crippen molar-refractivity contribution in [2.45, 2.75) is 51.2 Å². The fourth-order valence-corrected chi connectivity index (χ4v) is 3.23. The number of likely N-dealkylation sites (N-methyl/N-ethyl adjacent to an activating group) is 1. The lowest BCUT2D eigenvalue weighted by molar-refractivity contribution is -0.131. The standard InChI is InChI=1S/C18H26ClN3O2.ClH/c1-18(2,3)21-16(23)14-6-5-11-22(14)15(17(24)20-4)12-7-9-13(19)10-8-12;/h7-10,14-15H,5-6,11H2,1-4H3,(H,20,24)(H,21,23);1H/t14-,15+;/m0./s1. The lowest BCUT2D eigenvalue weighted by Crippen LogP contribution is -2.52. The van der Waals surface area contributed by atoms with Gasteiger partial charge in [-0.2, -0.15) is 0 Å². The van der Waals surface area contributed by atoms with Crippen molar-refractivity contribution in [1.29, 1.82) is 0 Å². The second-order valence-corrected chi connectivity index (χ2v) is 7.64. The maximum atomic E-state index is 12.7. The first-order valence-corrected chi connectivity index (χ1v) is 8.65. The maximum Gasteiger partial charge on any atom is 0.241 e. The zero-order valence-corrected chi connectivity index (χ0v) is 16.7. The van der Waals surface area contributed by atoms with E-state index >= 15 is 0 Å². The number of carbonyl (C=O) groups excluding carboxylic acids is 2. The average Bonchev–Trinajstić information content (AvgIpc) is 2.97. The van der Waals surface area contributed by atoms with Gasteiger partial charge in [0, 0.05) is 24.2 Å². The molecule has 0 spiro atoms. The second kappa shape index (κ2) is 8.88. The number of rotatable bonds is 4. The van der Waals surface area contributed by atoms with Gasteiger partial charge in [0.2, 0.25) is 11.8 Å². The molecule has 25 heavy (non-hydrogen) atoms. The van der Waals surface area contributed by atoms with Crippen LogP contribution in [0, 0.1) is 0 Å². The van der Waals surface area contributed by atoms with Gasteiger partial charge in [0.1, 0.15) is 6.04 Å². The highest BCUT2D eigenvalue weighted by molar-refractivity contribution is 6.30. The Morgan fingerprint density at radius 2 is 1.84 bits per heavy atom. The molecule has 0 saturated carbocycles. The summed E-state index contributed by atoms with van der Waals surface area (Å²) in [5, 5.41) is 6.37. The number of hydrogen-bond donors (Lipinski definition) is 2. The van der Waals surface area contributed by atoms with Crippen molar-refractivity contribution in [3.05, 3.63) is 34.9 Å². The monoisotopic (exact) mass is 387 g/mol. The molecule has 2 atom stereocenters. The molecule has 2 rings (SSSR count). The zero-order valence-electron chi connectivity index (χ0n) is 15.1. The van der Waals surface area contributed by atoms with E-state index in [0.29, 0.717) is 11.6 Å². The normalized spacial score (nSPS) is 19.0. The van der Waals surface area contributed by atoms with E-state index in [1.54, 1.807) is 19.2 Å². The van der Waals surface area contributed by atoms with E-state index in [9.17, 15) is 9.59 Å².